The quantitative estimate of drug-likeness (QED) is 0.577. The van der Waals surface area contributed by atoms with Crippen molar-refractivity contribution < 1.29 is 4.74 Å². The molecule has 0 saturated carbocycles. The molecule has 144 valence electrons. The minimum atomic E-state index is -0.0358. The van der Waals surface area contributed by atoms with Gasteiger partial charge in [-0.2, -0.15) is 0 Å². The summed E-state index contributed by atoms with van der Waals surface area (Å²) < 4.78 is 6.51. The molecule has 0 aliphatic heterocycles. The molecule has 2 heteroatoms. The van der Waals surface area contributed by atoms with Crippen molar-refractivity contribution in [1.82, 2.24) is 4.90 Å². The zero-order chi connectivity index (χ0) is 19.7. The lowest BCUT2D eigenvalue weighted by Crippen LogP contribution is -2.34. The maximum Gasteiger partial charge on any atom is 0.140 e. The van der Waals surface area contributed by atoms with Crippen molar-refractivity contribution in [3.8, 4) is 5.75 Å². The van der Waals surface area contributed by atoms with Crippen LogP contribution in [-0.4, -0.2) is 25.0 Å². The third-order valence-electron chi connectivity index (χ3n) is 6.14. The van der Waals surface area contributed by atoms with Crippen LogP contribution in [0.15, 0.2) is 78.9 Å². The highest BCUT2D eigenvalue weighted by Crippen LogP contribution is 2.38. The van der Waals surface area contributed by atoms with Crippen LogP contribution in [0.1, 0.15) is 42.2 Å². The summed E-state index contributed by atoms with van der Waals surface area (Å²) in [6.07, 6.45) is 1.10. The van der Waals surface area contributed by atoms with Gasteiger partial charge in [0, 0.05) is 5.41 Å². The fourth-order valence-electron chi connectivity index (χ4n) is 4.25. The Morgan fingerprint density at radius 2 is 1.39 bits per heavy atom. The molecule has 2 atom stereocenters. The Morgan fingerprint density at radius 1 is 0.786 bits per heavy atom. The molecule has 0 aromatic heterocycles. The molecular formula is C26H29NO. The average molecular weight is 372 g/mol. The molecular weight excluding hydrogens is 342 g/mol. The van der Waals surface area contributed by atoms with Gasteiger partial charge in [-0.05, 0) is 54.9 Å². The lowest BCUT2D eigenvalue weighted by molar-refractivity contribution is 0.111. The number of ether oxygens (including phenoxy) is 1. The highest BCUT2D eigenvalue weighted by atomic mass is 16.5. The lowest BCUT2D eigenvalue weighted by Gasteiger charge is -2.28. The molecule has 0 fully saturated rings. The van der Waals surface area contributed by atoms with E-state index < -0.39 is 0 Å². The van der Waals surface area contributed by atoms with Gasteiger partial charge in [0.25, 0.3) is 0 Å². The summed E-state index contributed by atoms with van der Waals surface area (Å²) in [7, 11) is 4.27. The first-order chi connectivity index (χ1) is 13.5. The summed E-state index contributed by atoms with van der Waals surface area (Å²) >= 11 is 0. The largest absolute Gasteiger partial charge is 0.484 e. The minimum Gasteiger partial charge on any atom is -0.484 e. The predicted octanol–water partition coefficient (Wildman–Crippen LogP) is 5.62. The minimum absolute atomic E-state index is 0.0358. The first-order valence-corrected chi connectivity index (χ1v) is 10.0. The topological polar surface area (TPSA) is 12.5 Å². The normalized spacial score (nSPS) is 18.9. The second-order valence-corrected chi connectivity index (χ2v) is 8.49. The van der Waals surface area contributed by atoms with Crippen LogP contribution < -0.4 is 4.74 Å². The fraction of sp³-hybridized carbons (Fsp3) is 0.308. The SMILES string of the molecule is CN(C)[C@H]1Cc2ccccc2[C@H]1Oc1ccc(C(C)(C)c2ccccc2)cc1. The van der Waals surface area contributed by atoms with E-state index in [1.165, 1.54) is 22.3 Å². The van der Waals surface area contributed by atoms with Crippen LogP contribution in [-0.2, 0) is 11.8 Å². The Kier molecular flexibility index (Phi) is 4.99. The van der Waals surface area contributed by atoms with E-state index in [0.29, 0.717) is 6.04 Å². The number of nitrogens with zero attached hydrogens (tertiary/aromatic N) is 1. The number of hydrogen-bond acceptors (Lipinski definition) is 2. The molecule has 28 heavy (non-hydrogen) atoms. The molecule has 0 N–H and O–H groups in total. The Morgan fingerprint density at radius 3 is 2.07 bits per heavy atom. The second-order valence-electron chi connectivity index (χ2n) is 8.49. The Labute approximate surface area is 168 Å². The van der Waals surface area contributed by atoms with E-state index in [1.54, 1.807) is 0 Å². The predicted molar refractivity (Wildman–Crippen MR) is 116 cm³/mol. The number of benzene rings is 3. The van der Waals surface area contributed by atoms with Gasteiger partial charge in [0.1, 0.15) is 11.9 Å². The van der Waals surface area contributed by atoms with Gasteiger partial charge in [-0.3, -0.25) is 0 Å². The van der Waals surface area contributed by atoms with Crippen molar-refractivity contribution in [3.05, 3.63) is 101 Å². The third-order valence-corrected chi connectivity index (χ3v) is 6.14. The summed E-state index contributed by atoms with van der Waals surface area (Å²) in [6, 6.07) is 28.3. The van der Waals surface area contributed by atoms with Gasteiger partial charge in [-0.25, -0.2) is 0 Å². The van der Waals surface area contributed by atoms with E-state index in [1.807, 2.05) is 0 Å². The Bertz CT molecular complexity index is 928. The number of rotatable bonds is 5. The Hall–Kier alpha value is -2.58. The zero-order valence-electron chi connectivity index (χ0n) is 17.2. The molecule has 1 aliphatic carbocycles. The maximum absolute atomic E-state index is 6.51. The molecule has 0 amide bonds. The Balaban J connectivity index is 1.58. The lowest BCUT2D eigenvalue weighted by atomic mass is 9.78. The van der Waals surface area contributed by atoms with E-state index in [0.717, 1.165) is 12.2 Å². The third kappa shape index (κ3) is 3.45. The number of hydrogen-bond donors (Lipinski definition) is 0. The van der Waals surface area contributed by atoms with Crippen LogP contribution >= 0.6 is 0 Å². The summed E-state index contributed by atoms with van der Waals surface area (Å²) in [5.41, 5.74) is 5.29. The van der Waals surface area contributed by atoms with Crippen LogP contribution in [0.25, 0.3) is 0 Å². The van der Waals surface area contributed by atoms with E-state index in [-0.39, 0.29) is 11.5 Å². The van der Waals surface area contributed by atoms with Crippen molar-refractivity contribution >= 4 is 0 Å². The van der Waals surface area contributed by atoms with Crippen molar-refractivity contribution in [1.29, 1.82) is 0 Å². The summed E-state index contributed by atoms with van der Waals surface area (Å²) in [6.45, 7) is 4.54. The molecule has 0 radical (unpaired) electrons. The highest BCUT2D eigenvalue weighted by Gasteiger charge is 2.35. The first kappa shape index (κ1) is 18.8. The van der Waals surface area contributed by atoms with Gasteiger partial charge >= 0.3 is 0 Å². The van der Waals surface area contributed by atoms with E-state index in [9.17, 15) is 0 Å². The summed E-state index contributed by atoms with van der Waals surface area (Å²) in [5.74, 6) is 0.932. The zero-order valence-corrected chi connectivity index (χ0v) is 17.2. The summed E-state index contributed by atoms with van der Waals surface area (Å²) in [4.78, 5) is 2.28. The van der Waals surface area contributed by atoms with Crippen molar-refractivity contribution in [2.24, 2.45) is 0 Å². The van der Waals surface area contributed by atoms with Crippen molar-refractivity contribution in [2.45, 2.75) is 37.8 Å². The van der Waals surface area contributed by atoms with Crippen LogP contribution in [0.2, 0.25) is 0 Å². The molecule has 0 bridgehead atoms. The van der Waals surface area contributed by atoms with E-state index in [4.69, 9.17) is 4.74 Å². The number of fused-ring (bicyclic) bond motifs is 1. The van der Waals surface area contributed by atoms with Gasteiger partial charge in [0.15, 0.2) is 0 Å². The molecule has 4 rings (SSSR count). The molecule has 0 saturated heterocycles. The average Bonchev–Trinajstić information content (AvgIpc) is 3.08. The van der Waals surface area contributed by atoms with Crippen LogP contribution in [0.4, 0.5) is 0 Å². The van der Waals surface area contributed by atoms with Gasteiger partial charge in [-0.1, -0.05) is 80.6 Å². The molecule has 3 aromatic carbocycles. The van der Waals surface area contributed by atoms with Crippen LogP contribution in [0, 0.1) is 0 Å². The van der Waals surface area contributed by atoms with Gasteiger partial charge < -0.3 is 9.64 Å². The van der Waals surface area contributed by atoms with Crippen molar-refractivity contribution in [3.63, 3.8) is 0 Å². The number of likely N-dealkylation sites (N-methyl/N-ethyl adjacent to an activating group) is 1. The molecule has 3 aromatic rings. The standard InChI is InChI=1S/C26H29NO/c1-26(2,20-11-6-5-7-12-20)21-14-16-22(17-15-21)28-25-23-13-9-8-10-19(23)18-24(25)27(3)4/h5-17,24-25H,18H2,1-4H3/t24-,25+/m0/s1. The molecule has 2 nitrogen and oxygen atoms in total. The van der Waals surface area contributed by atoms with Crippen LogP contribution in [0.5, 0.6) is 5.75 Å². The summed E-state index contributed by atoms with van der Waals surface area (Å²) in [5, 5.41) is 0. The second kappa shape index (κ2) is 7.44. The smallest absolute Gasteiger partial charge is 0.140 e. The highest BCUT2D eigenvalue weighted by molar-refractivity contribution is 5.41. The van der Waals surface area contributed by atoms with E-state index in [2.05, 4.69) is 112 Å². The van der Waals surface area contributed by atoms with Gasteiger partial charge in [0.2, 0.25) is 0 Å². The van der Waals surface area contributed by atoms with Crippen molar-refractivity contribution in [2.75, 3.05) is 14.1 Å². The maximum atomic E-state index is 6.51. The molecule has 1 aliphatic rings. The first-order valence-electron chi connectivity index (χ1n) is 10.0. The molecule has 0 spiro atoms. The monoisotopic (exact) mass is 371 g/mol. The molecule has 0 unspecified atom stereocenters. The fourth-order valence-corrected chi connectivity index (χ4v) is 4.25. The van der Waals surface area contributed by atoms with Gasteiger partial charge in [0.05, 0.1) is 6.04 Å². The van der Waals surface area contributed by atoms with Crippen LogP contribution in [0.3, 0.4) is 0 Å². The molecule has 0 heterocycles. The van der Waals surface area contributed by atoms with E-state index >= 15 is 0 Å². The van der Waals surface area contributed by atoms with Gasteiger partial charge in [-0.15, -0.1) is 0 Å².